The van der Waals surface area contributed by atoms with Crippen LogP contribution in [-0.4, -0.2) is 38.5 Å². The van der Waals surface area contributed by atoms with Gasteiger partial charge in [-0.15, -0.1) is 0 Å². The number of carbonyl (C=O) groups excluding carboxylic acids is 1. The summed E-state index contributed by atoms with van der Waals surface area (Å²) in [4.78, 5) is 21.9. The van der Waals surface area contributed by atoms with E-state index >= 15 is 0 Å². The number of aromatic nitrogens is 4. The molecule has 9 nitrogen and oxygen atoms in total. The van der Waals surface area contributed by atoms with Gasteiger partial charge in [-0.05, 0) is 36.6 Å². The molecule has 5 rings (SSSR count). The fourth-order valence-electron chi connectivity index (χ4n) is 3.60. The van der Waals surface area contributed by atoms with Crippen LogP contribution in [0.4, 0.5) is 5.69 Å². The first kappa shape index (κ1) is 19.9. The molecule has 3 aromatic heterocycles. The largest absolute Gasteiger partial charge is 0.339 e. The van der Waals surface area contributed by atoms with Crippen molar-refractivity contribution in [3.63, 3.8) is 0 Å². The van der Waals surface area contributed by atoms with Crippen molar-refractivity contribution in [3.8, 4) is 17.5 Å². The zero-order valence-electron chi connectivity index (χ0n) is 17.5. The number of hydrogen-bond acceptors (Lipinski definition) is 7. The van der Waals surface area contributed by atoms with Crippen molar-refractivity contribution in [1.82, 2.24) is 24.8 Å². The minimum absolute atomic E-state index is 0.258. The van der Waals surface area contributed by atoms with E-state index in [0.717, 1.165) is 29.8 Å². The highest BCUT2D eigenvalue weighted by Crippen LogP contribution is 2.26. The Morgan fingerprint density at radius 1 is 1.34 bits per heavy atom. The van der Waals surface area contributed by atoms with Crippen molar-refractivity contribution in [3.05, 3.63) is 65.4 Å². The zero-order chi connectivity index (χ0) is 22.1. The molecule has 160 valence electrons. The third kappa shape index (κ3) is 3.72. The van der Waals surface area contributed by atoms with Gasteiger partial charge < -0.3 is 15.2 Å². The normalized spacial score (nSPS) is 13.6. The molecule has 1 aliphatic rings. The molecule has 4 aromatic rings. The van der Waals surface area contributed by atoms with Gasteiger partial charge in [0, 0.05) is 37.0 Å². The summed E-state index contributed by atoms with van der Waals surface area (Å²) in [5.41, 5.74) is 4.41. The number of anilines is 1. The van der Waals surface area contributed by atoms with Crippen LogP contribution < -0.4 is 10.6 Å². The van der Waals surface area contributed by atoms with Crippen molar-refractivity contribution in [2.24, 2.45) is 0 Å². The van der Waals surface area contributed by atoms with E-state index in [1.165, 1.54) is 0 Å². The highest BCUT2D eigenvalue weighted by Gasteiger charge is 2.25. The second kappa shape index (κ2) is 8.24. The third-order valence-electron chi connectivity index (χ3n) is 5.64. The Labute approximate surface area is 184 Å². The number of amides is 1. The Morgan fingerprint density at radius 3 is 3.00 bits per heavy atom. The zero-order valence-corrected chi connectivity index (χ0v) is 17.5. The summed E-state index contributed by atoms with van der Waals surface area (Å²) in [6.07, 6.45) is 4.45. The van der Waals surface area contributed by atoms with E-state index < -0.39 is 0 Å². The maximum Gasteiger partial charge on any atom is 0.274 e. The second-order valence-electron chi connectivity index (χ2n) is 7.86. The SMILES string of the molecule is Cc1ccc(-c2noc(C3CNC3)n2)cc1NC(=O)c1cnc2ccc(CCC#N)cn12. The predicted octanol–water partition coefficient (Wildman–Crippen LogP) is 3.09. The smallest absolute Gasteiger partial charge is 0.274 e. The average molecular weight is 427 g/mol. The molecule has 0 aliphatic carbocycles. The number of nitriles is 1. The van der Waals surface area contributed by atoms with Crippen LogP contribution in [-0.2, 0) is 6.42 Å². The van der Waals surface area contributed by atoms with Crippen LogP contribution in [0, 0.1) is 18.3 Å². The molecule has 0 spiro atoms. The molecule has 0 bridgehead atoms. The van der Waals surface area contributed by atoms with Crippen LogP contribution in [0.25, 0.3) is 17.0 Å². The van der Waals surface area contributed by atoms with Gasteiger partial charge in [0.1, 0.15) is 11.3 Å². The number of nitrogens with one attached hydrogen (secondary N) is 2. The molecular formula is C23H21N7O2. The lowest BCUT2D eigenvalue weighted by molar-refractivity contribution is 0.102. The molecule has 0 atom stereocenters. The van der Waals surface area contributed by atoms with Crippen molar-refractivity contribution < 1.29 is 9.32 Å². The van der Waals surface area contributed by atoms with Crippen molar-refractivity contribution in [1.29, 1.82) is 5.26 Å². The predicted molar refractivity (Wildman–Crippen MR) is 117 cm³/mol. The molecule has 1 aliphatic heterocycles. The first-order valence-corrected chi connectivity index (χ1v) is 10.4. The number of rotatable bonds is 6. The quantitative estimate of drug-likeness (QED) is 0.485. The highest BCUT2D eigenvalue weighted by molar-refractivity contribution is 6.04. The Morgan fingerprint density at radius 2 is 2.22 bits per heavy atom. The van der Waals surface area contributed by atoms with Gasteiger partial charge >= 0.3 is 0 Å². The molecule has 0 unspecified atom stereocenters. The van der Waals surface area contributed by atoms with E-state index in [4.69, 9.17) is 9.78 Å². The Balaban J connectivity index is 1.40. The fraction of sp³-hybridized carbons (Fsp3) is 0.261. The minimum Gasteiger partial charge on any atom is -0.339 e. The maximum absolute atomic E-state index is 13.1. The number of fused-ring (bicyclic) bond motifs is 1. The first-order valence-electron chi connectivity index (χ1n) is 10.4. The molecule has 2 N–H and O–H groups in total. The summed E-state index contributed by atoms with van der Waals surface area (Å²) in [7, 11) is 0. The van der Waals surface area contributed by atoms with Crippen molar-refractivity contribution in [2.75, 3.05) is 18.4 Å². The van der Waals surface area contributed by atoms with Gasteiger partial charge in [-0.1, -0.05) is 23.4 Å². The van der Waals surface area contributed by atoms with Crippen molar-refractivity contribution in [2.45, 2.75) is 25.7 Å². The van der Waals surface area contributed by atoms with Gasteiger partial charge in [0.05, 0.1) is 18.2 Å². The molecule has 9 heteroatoms. The number of pyridine rings is 1. The van der Waals surface area contributed by atoms with Crippen LogP contribution in [0.5, 0.6) is 0 Å². The summed E-state index contributed by atoms with van der Waals surface area (Å²) < 4.78 is 7.15. The lowest BCUT2D eigenvalue weighted by Crippen LogP contribution is -2.40. The topological polar surface area (TPSA) is 121 Å². The number of nitrogens with zero attached hydrogens (tertiary/aromatic N) is 5. The van der Waals surface area contributed by atoms with Gasteiger partial charge in [-0.25, -0.2) is 4.98 Å². The summed E-state index contributed by atoms with van der Waals surface area (Å²) in [5.74, 6) is 1.11. The number of carbonyl (C=O) groups is 1. The van der Waals surface area contributed by atoms with Crippen molar-refractivity contribution >= 4 is 17.2 Å². The van der Waals surface area contributed by atoms with E-state index in [2.05, 4.69) is 31.8 Å². The molecule has 1 amide bonds. The van der Waals surface area contributed by atoms with E-state index in [1.807, 2.05) is 43.5 Å². The van der Waals surface area contributed by atoms with Gasteiger partial charge in [-0.2, -0.15) is 10.2 Å². The Bertz CT molecular complexity index is 1340. The lowest BCUT2D eigenvalue weighted by atomic mass is 10.0. The first-order chi connectivity index (χ1) is 15.6. The lowest BCUT2D eigenvalue weighted by Gasteiger charge is -2.22. The van der Waals surface area contributed by atoms with E-state index in [0.29, 0.717) is 41.6 Å². The van der Waals surface area contributed by atoms with Crippen LogP contribution >= 0.6 is 0 Å². The fourth-order valence-corrected chi connectivity index (χ4v) is 3.60. The molecular weight excluding hydrogens is 406 g/mol. The standard InChI is InChI=1S/C23H21N7O2/c1-14-4-6-16(21-28-23(32-29-21)17-10-25-11-17)9-18(14)27-22(31)19-12-26-20-7-5-15(3-2-8-24)13-30(19)20/h4-7,9,12-13,17,25H,2-3,10-11H2,1H3,(H,27,31). The third-order valence-corrected chi connectivity index (χ3v) is 5.64. The Kier molecular flexibility index (Phi) is 5.13. The molecule has 1 saturated heterocycles. The van der Waals surface area contributed by atoms with E-state index in [9.17, 15) is 4.79 Å². The summed E-state index contributed by atoms with van der Waals surface area (Å²) in [5, 5.41) is 19.1. The van der Waals surface area contributed by atoms with Gasteiger partial charge in [0.2, 0.25) is 11.7 Å². The summed E-state index contributed by atoms with van der Waals surface area (Å²) in [6, 6.07) is 11.6. The number of benzene rings is 1. The maximum atomic E-state index is 13.1. The number of aryl methyl sites for hydroxylation is 2. The highest BCUT2D eigenvalue weighted by atomic mass is 16.5. The molecule has 32 heavy (non-hydrogen) atoms. The van der Waals surface area contributed by atoms with Crippen LogP contribution in [0.15, 0.2) is 47.2 Å². The van der Waals surface area contributed by atoms with Gasteiger partial charge in [-0.3, -0.25) is 9.20 Å². The van der Waals surface area contributed by atoms with Gasteiger partial charge in [0.25, 0.3) is 5.91 Å². The van der Waals surface area contributed by atoms with Crippen LogP contribution in [0.3, 0.4) is 0 Å². The van der Waals surface area contributed by atoms with Crippen LogP contribution in [0.1, 0.15) is 39.8 Å². The Hall–Kier alpha value is -4.03. The molecule has 1 fully saturated rings. The summed E-state index contributed by atoms with van der Waals surface area (Å²) in [6.45, 7) is 3.61. The molecule has 4 heterocycles. The van der Waals surface area contributed by atoms with E-state index in [1.54, 1.807) is 10.6 Å². The minimum atomic E-state index is -0.274. The van der Waals surface area contributed by atoms with E-state index in [-0.39, 0.29) is 11.8 Å². The van der Waals surface area contributed by atoms with Gasteiger partial charge in [0.15, 0.2) is 0 Å². The van der Waals surface area contributed by atoms with Crippen LogP contribution in [0.2, 0.25) is 0 Å². The molecule has 0 saturated carbocycles. The molecule has 1 aromatic carbocycles. The number of hydrogen-bond donors (Lipinski definition) is 2. The monoisotopic (exact) mass is 427 g/mol. The molecule has 0 radical (unpaired) electrons. The number of imidazole rings is 1. The summed E-state index contributed by atoms with van der Waals surface area (Å²) >= 11 is 0. The average Bonchev–Trinajstić information content (AvgIpc) is 3.40. The second-order valence-corrected chi connectivity index (χ2v) is 7.86.